The number of nitrogens with zero attached hydrogens (tertiary/aromatic N) is 1. The number of unbranched alkanes of at least 4 members (excludes halogenated alkanes) is 1. The lowest BCUT2D eigenvalue weighted by atomic mass is 10.1. The van der Waals surface area contributed by atoms with Crippen LogP contribution in [0, 0.1) is 0 Å². The Balaban J connectivity index is 2.51. The standard InChI is InChI=1S/C13H13Br2N/c1-2-3-7-12-11(15)8-9-5-4-6-10(14)13(9)16-12/h4-6,8H,2-3,7H2,1H3. The lowest BCUT2D eigenvalue weighted by molar-refractivity contribution is 0.777. The van der Waals surface area contributed by atoms with Crippen molar-refractivity contribution in [1.29, 1.82) is 0 Å². The van der Waals surface area contributed by atoms with Crippen molar-refractivity contribution in [3.8, 4) is 0 Å². The number of hydrogen-bond acceptors (Lipinski definition) is 1. The highest BCUT2D eigenvalue weighted by Gasteiger charge is 2.06. The Hall–Kier alpha value is -0.410. The molecule has 0 amide bonds. The molecule has 0 aliphatic carbocycles. The number of hydrogen-bond donors (Lipinski definition) is 0. The van der Waals surface area contributed by atoms with Crippen LogP contribution in [0.1, 0.15) is 25.5 Å². The maximum absolute atomic E-state index is 4.72. The van der Waals surface area contributed by atoms with Crippen LogP contribution in [0.5, 0.6) is 0 Å². The van der Waals surface area contributed by atoms with Crippen LogP contribution in [0.25, 0.3) is 10.9 Å². The lowest BCUT2D eigenvalue weighted by Gasteiger charge is -2.06. The third-order valence-electron chi connectivity index (χ3n) is 2.59. The van der Waals surface area contributed by atoms with Crippen LogP contribution in [0.2, 0.25) is 0 Å². The predicted molar refractivity (Wildman–Crippen MR) is 75.8 cm³/mol. The molecule has 16 heavy (non-hydrogen) atoms. The summed E-state index contributed by atoms with van der Waals surface area (Å²) in [5, 5.41) is 1.17. The molecular weight excluding hydrogens is 330 g/mol. The van der Waals surface area contributed by atoms with Crippen LogP contribution in [0.3, 0.4) is 0 Å². The Morgan fingerprint density at radius 1 is 1.19 bits per heavy atom. The summed E-state index contributed by atoms with van der Waals surface area (Å²) in [6.07, 6.45) is 3.41. The molecule has 1 aromatic heterocycles. The number of benzene rings is 1. The van der Waals surface area contributed by atoms with E-state index in [4.69, 9.17) is 4.98 Å². The first-order valence-electron chi connectivity index (χ1n) is 5.46. The van der Waals surface area contributed by atoms with Gasteiger partial charge in [-0.3, -0.25) is 4.98 Å². The minimum atomic E-state index is 1.04. The van der Waals surface area contributed by atoms with Gasteiger partial charge in [-0.25, -0.2) is 0 Å². The SMILES string of the molecule is CCCCc1nc2c(Br)cccc2cc1Br. The maximum Gasteiger partial charge on any atom is 0.0848 e. The number of fused-ring (bicyclic) bond motifs is 1. The Morgan fingerprint density at radius 2 is 2.00 bits per heavy atom. The number of pyridine rings is 1. The van der Waals surface area contributed by atoms with E-state index in [9.17, 15) is 0 Å². The Morgan fingerprint density at radius 3 is 2.75 bits per heavy atom. The van der Waals surface area contributed by atoms with Gasteiger partial charge in [-0.1, -0.05) is 25.5 Å². The van der Waals surface area contributed by atoms with Gasteiger partial charge in [0.25, 0.3) is 0 Å². The van der Waals surface area contributed by atoms with E-state index in [1.807, 2.05) is 12.1 Å². The van der Waals surface area contributed by atoms with Crippen molar-refractivity contribution in [2.75, 3.05) is 0 Å². The van der Waals surface area contributed by atoms with Crippen LogP contribution in [-0.4, -0.2) is 4.98 Å². The minimum Gasteiger partial charge on any atom is -0.250 e. The molecule has 1 heterocycles. The Kier molecular flexibility index (Phi) is 3.98. The molecule has 2 aromatic rings. The van der Waals surface area contributed by atoms with Crippen molar-refractivity contribution >= 4 is 42.8 Å². The zero-order valence-corrected chi connectivity index (χ0v) is 12.3. The second kappa shape index (κ2) is 5.28. The molecular formula is C13H13Br2N. The van der Waals surface area contributed by atoms with E-state index in [2.05, 4.69) is 50.9 Å². The second-order valence-electron chi connectivity index (χ2n) is 3.83. The van der Waals surface area contributed by atoms with E-state index in [-0.39, 0.29) is 0 Å². The molecule has 0 saturated carbocycles. The second-order valence-corrected chi connectivity index (χ2v) is 5.54. The summed E-state index contributed by atoms with van der Waals surface area (Å²) >= 11 is 7.14. The first-order chi connectivity index (χ1) is 7.72. The van der Waals surface area contributed by atoms with Crippen molar-refractivity contribution in [3.05, 3.63) is 38.9 Å². The zero-order valence-electron chi connectivity index (χ0n) is 9.13. The lowest BCUT2D eigenvalue weighted by Crippen LogP contribution is -1.93. The van der Waals surface area contributed by atoms with Crippen LogP contribution in [0.15, 0.2) is 33.2 Å². The van der Waals surface area contributed by atoms with Gasteiger partial charge in [-0.05, 0) is 56.8 Å². The van der Waals surface area contributed by atoms with Gasteiger partial charge in [0, 0.05) is 14.3 Å². The van der Waals surface area contributed by atoms with E-state index in [1.165, 1.54) is 18.2 Å². The molecule has 0 spiro atoms. The molecule has 0 saturated heterocycles. The monoisotopic (exact) mass is 341 g/mol. The number of halogens is 2. The summed E-state index contributed by atoms with van der Waals surface area (Å²) in [5.74, 6) is 0. The van der Waals surface area contributed by atoms with E-state index >= 15 is 0 Å². The fraction of sp³-hybridized carbons (Fsp3) is 0.308. The molecule has 0 N–H and O–H groups in total. The van der Waals surface area contributed by atoms with E-state index in [0.29, 0.717) is 0 Å². The molecule has 3 heteroatoms. The Labute approximate surface area is 113 Å². The molecule has 0 unspecified atom stereocenters. The van der Waals surface area contributed by atoms with Gasteiger partial charge >= 0.3 is 0 Å². The summed E-state index contributed by atoms with van der Waals surface area (Å²) in [7, 11) is 0. The van der Waals surface area contributed by atoms with Gasteiger partial charge in [-0.2, -0.15) is 0 Å². The van der Waals surface area contributed by atoms with Gasteiger partial charge in [0.15, 0.2) is 0 Å². The summed E-state index contributed by atoms with van der Waals surface area (Å²) < 4.78 is 2.18. The molecule has 2 rings (SSSR count). The molecule has 0 atom stereocenters. The third-order valence-corrected chi connectivity index (χ3v) is 3.92. The van der Waals surface area contributed by atoms with Gasteiger partial charge in [0.05, 0.1) is 11.2 Å². The van der Waals surface area contributed by atoms with Gasteiger partial charge in [0.1, 0.15) is 0 Å². The maximum atomic E-state index is 4.72. The van der Waals surface area contributed by atoms with Crippen LogP contribution >= 0.6 is 31.9 Å². The van der Waals surface area contributed by atoms with Crippen LogP contribution < -0.4 is 0 Å². The highest BCUT2D eigenvalue weighted by atomic mass is 79.9. The van der Waals surface area contributed by atoms with E-state index < -0.39 is 0 Å². The van der Waals surface area contributed by atoms with Crippen molar-refractivity contribution in [1.82, 2.24) is 4.98 Å². The largest absolute Gasteiger partial charge is 0.250 e. The summed E-state index contributed by atoms with van der Waals surface area (Å²) in [4.78, 5) is 4.72. The zero-order chi connectivity index (χ0) is 11.5. The average Bonchev–Trinajstić information content (AvgIpc) is 2.27. The highest BCUT2D eigenvalue weighted by molar-refractivity contribution is 9.11. The molecule has 0 aliphatic heterocycles. The minimum absolute atomic E-state index is 1.04. The number of aromatic nitrogens is 1. The molecule has 0 aliphatic rings. The van der Waals surface area contributed by atoms with Gasteiger partial charge < -0.3 is 0 Å². The van der Waals surface area contributed by atoms with Crippen LogP contribution in [-0.2, 0) is 6.42 Å². The fourth-order valence-electron chi connectivity index (χ4n) is 1.69. The molecule has 0 radical (unpaired) electrons. The van der Waals surface area contributed by atoms with Crippen LogP contribution in [0.4, 0.5) is 0 Å². The summed E-state index contributed by atoms with van der Waals surface area (Å²) in [6, 6.07) is 8.30. The molecule has 84 valence electrons. The first kappa shape index (κ1) is 12.1. The molecule has 1 aromatic carbocycles. The molecule has 0 fully saturated rings. The van der Waals surface area contributed by atoms with Gasteiger partial charge in [-0.15, -0.1) is 0 Å². The third kappa shape index (κ3) is 2.46. The smallest absolute Gasteiger partial charge is 0.0848 e. The van der Waals surface area contributed by atoms with Crippen molar-refractivity contribution in [2.45, 2.75) is 26.2 Å². The highest BCUT2D eigenvalue weighted by Crippen LogP contribution is 2.27. The molecule has 1 nitrogen and oxygen atoms in total. The molecule has 0 bridgehead atoms. The number of rotatable bonds is 3. The normalized spacial score (nSPS) is 10.9. The first-order valence-corrected chi connectivity index (χ1v) is 7.04. The number of aryl methyl sites for hydroxylation is 1. The van der Waals surface area contributed by atoms with E-state index in [0.717, 1.165) is 26.6 Å². The van der Waals surface area contributed by atoms with Crippen molar-refractivity contribution in [3.63, 3.8) is 0 Å². The van der Waals surface area contributed by atoms with E-state index in [1.54, 1.807) is 0 Å². The van der Waals surface area contributed by atoms with Gasteiger partial charge in [0.2, 0.25) is 0 Å². The predicted octanol–water partition coefficient (Wildman–Crippen LogP) is 5.10. The number of para-hydroxylation sites is 1. The quantitative estimate of drug-likeness (QED) is 0.755. The van der Waals surface area contributed by atoms with Crippen molar-refractivity contribution < 1.29 is 0 Å². The topological polar surface area (TPSA) is 12.9 Å². The average molecular weight is 343 g/mol. The Bertz CT molecular complexity index is 509. The fourth-order valence-corrected chi connectivity index (χ4v) is 2.70. The summed E-state index contributed by atoms with van der Waals surface area (Å²) in [6.45, 7) is 2.20. The van der Waals surface area contributed by atoms with Crippen molar-refractivity contribution in [2.24, 2.45) is 0 Å². The summed E-state index contributed by atoms with van der Waals surface area (Å²) in [5.41, 5.74) is 2.21.